The van der Waals surface area contributed by atoms with Crippen LogP contribution in [0.15, 0.2) is 53.6 Å². The van der Waals surface area contributed by atoms with Gasteiger partial charge in [0.2, 0.25) is 0 Å². The molecule has 1 aliphatic carbocycles. The van der Waals surface area contributed by atoms with Gasteiger partial charge in [0.1, 0.15) is 0 Å². The highest BCUT2D eigenvalue weighted by Gasteiger charge is 2.40. The van der Waals surface area contributed by atoms with E-state index >= 15 is 0 Å². The van der Waals surface area contributed by atoms with Crippen LogP contribution in [0.25, 0.3) is 0 Å². The molecule has 21 heavy (non-hydrogen) atoms. The lowest BCUT2D eigenvalue weighted by molar-refractivity contribution is -0.146. The summed E-state index contributed by atoms with van der Waals surface area (Å²) in [4.78, 5) is 22.7. The Morgan fingerprint density at radius 2 is 1.76 bits per heavy atom. The van der Waals surface area contributed by atoms with Crippen LogP contribution in [-0.4, -0.2) is 22.2 Å². The summed E-state index contributed by atoms with van der Waals surface area (Å²) in [6.07, 6.45) is 4.55. The van der Waals surface area contributed by atoms with Crippen molar-refractivity contribution in [1.29, 1.82) is 0 Å². The van der Waals surface area contributed by atoms with Crippen LogP contribution >= 0.6 is 0 Å². The Morgan fingerprint density at radius 3 is 2.33 bits per heavy atom. The molecule has 4 heteroatoms. The van der Waals surface area contributed by atoms with Crippen LogP contribution in [0, 0.1) is 5.41 Å². The number of carbonyl (C=O) groups is 2. The number of carboxylic acids is 2. The SMILES string of the molecule is CC1(C(=O)O)CC(C(=O)O)=CC=C1CCc1ccccc1. The van der Waals surface area contributed by atoms with Crippen molar-refractivity contribution in [3.63, 3.8) is 0 Å². The van der Waals surface area contributed by atoms with Gasteiger partial charge in [-0.1, -0.05) is 48.1 Å². The van der Waals surface area contributed by atoms with Gasteiger partial charge in [-0.15, -0.1) is 0 Å². The lowest BCUT2D eigenvalue weighted by atomic mass is 9.72. The highest BCUT2D eigenvalue weighted by molar-refractivity contribution is 5.90. The molecule has 0 saturated carbocycles. The Kier molecular flexibility index (Phi) is 4.26. The maximum atomic E-state index is 11.6. The molecule has 0 radical (unpaired) electrons. The minimum atomic E-state index is -1.14. The fraction of sp³-hybridized carbons (Fsp3) is 0.294. The van der Waals surface area contributed by atoms with Crippen molar-refractivity contribution in [2.75, 3.05) is 0 Å². The van der Waals surface area contributed by atoms with Crippen molar-refractivity contribution >= 4 is 11.9 Å². The number of aryl methyl sites for hydroxylation is 1. The molecule has 0 heterocycles. The maximum Gasteiger partial charge on any atom is 0.331 e. The van der Waals surface area contributed by atoms with Gasteiger partial charge in [0.05, 0.1) is 5.41 Å². The van der Waals surface area contributed by atoms with E-state index in [0.717, 1.165) is 17.6 Å². The van der Waals surface area contributed by atoms with Gasteiger partial charge in [-0.2, -0.15) is 0 Å². The Balaban J connectivity index is 2.22. The Bertz CT molecular complexity index is 613. The maximum absolute atomic E-state index is 11.6. The van der Waals surface area contributed by atoms with Gasteiger partial charge in [-0.3, -0.25) is 4.79 Å². The van der Waals surface area contributed by atoms with E-state index in [-0.39, 0.29) is 12.0 Å². The van der Waals surface area contributed by atoms with Crippen molar-refractivity contribution in [3.8, 4) is 0 Å². The van der Waals surface area contributed by atoms with Crippen molar-refractivity contribution in [2.45, 2.75) is 26.2 Å². The summed E-state index contributed by atoms with van der Waals surface area (Å²) in [5.41, 5.74) is 0.906. The normalized spacial score (nSPS) is 21.4. The van der Waals surface area contributed by atoms with E-state index in [4.69, 9.17) is 5.11 Å². The summed E-state index contributed by atoms with van der Waals surface area (Å²) < 4.78 is 0. The number of hydrogen-bond acceptors (Lipinski definition) is 2. The molecule has 1 aromatic rings. The van der Waals surface area contributed by atoms with Gasteiger partial charge in [0.25, 0.3) is 0 Å². The van der Waals surface area contributed by atoms with Crippen molar-refractivity contribution in [1.82, 2.24) is 0 Å². The Morgan fingerprint density at radius 1 is 1.10 bits per heavy atom. The molecular formula is C17H18O4. The number of carboxylic acid groups (broad SMARTS) is 2. The first-order valence-corrected chi connectivity index (χ1v) is 6.84. The number of benzene rings is 1. The predicted octanol–water partition coefficient (Wildman–Crippen LogP) is 3.05. The van der Waals surface area contributed by atoms with Gasteiger partial charge in [-0.05, 0) is 31.7 Å². The highest BCUT2D eigenvalue weighted by Crippen LogP contribution is 2.40. The van der Waals surface area contributed by atoms with Gasteiger partial charge < -0.3 is 10.2 Å². The van der Waals surface area contributed by atoms with Crippen LogP contribution in [0.3, 0.4) is 0 Å². The summed E-state index contributed by atoms with van der Waals surface area (Å²) in [7, 11) is 0. The van der Waals surface area contributed by atoms with Crippen molar-refractivity contribution in [2.24, 2.45) is 5.41 Å². The number of aliphatic carboxylic acids is 2. The fourth-order valence-electron chi connectivity index (χ4n) is 2.58. The van der Waals surface area contributed by atoms with Crippen LogP contribution in [0.1, 0.15) is 25.3 Å². The van der Waals surface area contributed by atoms with Crippen molar-refractivity contribution in [3.05, 3.63) is 59.2 Å². The molecule has 0 fully saturated rings. The Labute approximate surface area is 123 Å². The zero-order valence-corrected chi connectivity index (χ0v) is 11.9. The van der Waals surface area contributed by atoms with E-state index in [9.17, 15) is 14.7 Å². The molecule has 1 aliphatic rings. The smallest absolute Gasteiger partial charge is 0.331 e. The highest BCUT2D eigenvalue weighted by atomic mass is 16.4. The average Bonchev–Trinajstić information content (AvgIpc) is 2.46. The second kappa shape index (κ2) is 5.95. The number of hydrogen-bond donors (Lipinski definition) is 2. The van der Waals surface area contributed by atoms with E-state index in [1.54, 1.807) is 13.0 Å². The summed E-state index contributed by atoms with van der Waals surface area (Å²) in [5.74, 6) is -2.03. The molecule has 2 N–H and O–H groups in total. The number of allylic oxidation sites excluding steroid dienone is 2. The van der Waals surface area contributed by atoms with Crippen LogP contribution in [0.5, 0.6) is 0 Å². The first kappa shape index (κ1) is 15.0. The molecule has 0 saturated heterocycles. The molecule has 1 unspecified atom stereocenters. The van der Waals surface area contributed by atoms with Crippen LogP contribution in [-0.2, 0) is 16.0 Å². The van der Waals surface area contributed by atoms with E-state index < -0.39 is 17.4 Å². The minimum absolute atomic E-state index is 0.0261. The second-order valence-electron chi connectivity index (χ2n) is 5.49. The first-order chi connectivity index (χ1) is 9.93. The van der Waals surface area contributed by atoms with Gasteiger partial charge >= 0.3 is 11.9 Å². The largest absolute Gasteiger partial charge is 0.481 e. The standard InChI is InChI=1S/C17H18O4/c1-17(16(20)21)11-13(15(18)19)8-10-14(17)9-7-12-5-3-2-4-6-12/h2-6,8,10H,7,9,11H2,1H3,(H,18,19)(H,20,21). The summed E-state index contributed by atoms with van der Waals surface area (Å²) >= 11 is 0. The quantitative estimate of drug-likeness (QED) is 0.872. The topological polar surface area (TPSA) is 74.6 Å². The zero-order valence-electron chi connectivity index (χ0n) is 11.9. The van der Waals surface area contributed by atoms with E-state index in [2.05, 4.69) is 0 Å². The summed E-state index contributed by atoms with van der Waals surface area (Å²) in [5, 5.41) is 18.6. The third-order valence-corrected chi connectivity index (χ3v) is 4.01. The molecule has 0 bridgehead atoms. The Hall–Kier alpha value is -2.36. The minimum Gasteiger partial charge on any atom is -0.481 e. The summed E-state index contributed by atoms with van der Waals surface area (Å²) in [6, 6.07) is 9.83. The third-order valence-electron chi connectivity index (χ3n) is 4.01. The summed E-state index contributed by atoms with van der Waals surface area (Å²) in [6.45, 7) is 1.60. The average molecular weight is 286 g/mol. The van der Waals surface area contributed by atoms with Gasteiger partial charge in [0.15, 0.2) is 0 Å². The molecule has 0 aliphatic heterocycles. The van der Waals surface area contributed by atoms with Gasteiger partial charge in [-0.25, -0.2) is 4.79 Å². The van der Waals surface area contributed by atoms with Crippen LogP contribution < -0.4 is 0 Å². The number of rotatable bonds is 5. The fourth-order valence-corrected chi connectivity index (χ4v) is 2.58. The van der Waals surface area contributed by atoms with E-state index in [1.165, 1.54) is 6.08 Å². The monoisotopic (exact) mass is 286 g/mol. The van der Waals surface area contributed by atoms with E-state index in [1.807, 2.05) is 30.3 Å². The molecule has 0 spiro atoms. The molecule has 2 rings (SSSR count). The molecule has 110 valence electrons. The predicted molar refractivity (Wildman–Crippen MR) is 78.9 cm³/mol. The molecule has 0 amide bonds. The third kappa shape index (κ3) is 3.21. The molecule has 1 atom stereocenters. The molecular weight excluding hydrogens is 268 g/mol. The molecule has 4 nitrogen and oxygen atoms in total. The second-order valence-corrected chi connectivity index (χ2v) is 5.49. The lowest BCUT2D eigenvalue weighted by Crippen LogP contribution is -2.33. The lowest BCUT2D eigenvalue weighted by Gasteiger charge is -2.31. The van der Waals surface area contributed by atoms with Gasteiger partial charge in [0, 0.05) is 5.57 Å². The van der Waals surface area contributed by atoms with Crippen molar-refractivity contribution < 1.29 is 19.8 Å². The van der Waals surface area contributed by atoms with Crippen LogP contribution in [0.4, 0.5) is 0 Å². The first-order valence-electron chi connectivity index (χ1n) is 6.84. The van der Waals surface area contributed by atoms with E-state index in [0.29, 0.717) is 6.42 Å². The molecule has 1 aromatic carbocycles. The van der Waals surface area contributed by atoms with Crippen LogP contribution in [0.2, 0.25) is 0 Å². The molecule has 0 aromatic heterocycles. The zero-order chi connectivity index (χ0) is 15.5.